The van der Waals surface area contributed by atoms with Gasteiger partial charge in [-0.25, -0.2) is 8.42 Å². The van der Waals surface area contributed by atoms with Gasteiger partial charge in [0.2, 0.25) is 0 Å². The first-order valence-electron chi connectivity index (χ1n) is 7.65. The molecule has 128 valence electrons. The van der Waals surface area contributed by atoms with Gasteiger partial charge in [0, 0.05) is 12.6 Å². The number of carbonyl (C=O) groups excluding carboxylic acids is 1. The molecule has 1 aromatic rings. The molecule has 1 saturated heterocycles. The second-order valence-corrected chi connectivity index (χ2v) is 7.93. The molecule has 1 aromatic carbocycles. The van der Waals surface area contributed by atoms with Gasteiger partial charge in [-0.2, -0.15) is 5.26 Å². The lowest BCUT2D eigenvalue weighted by Gasteiger charge is -2.29. The Kier molecular flexibility index (Phi) is 5.62. The highest BCUT2D eigenvalue weighted by atomic mass is 32.2. The molecule has 0 unspecified atom stereocenters. The Balaban J connectivity index is 2.14. The Morgan fingerprint density at radius 3 is 2.83 bits per heavy atom. The molecule has 0 spiro atoms. The topological polar surface area (TPSA) is 87.5 Å². The van der Waals surface area contributed by atoms with Crippen LogP contribution in [-0.4, -0.2) is 49.4 Å². The van der Waals surface area contributed by atoms with Gasteiger partial charge >= 0.3 is 0 Å². The van der Waals surface area contributed by atoms with Crippen molar-refractivity contribution in [2.24, 2.45) is 0 Å². The highest BCUT2D eigenvalue weighted by Gasteiger charge is 2.36. The SMILES string of the molecule is C=CCN(C(=O)[C@H](C)Oc1ccccc1C#N)[C@H]1CCS(=O)(=O)C1. The average molecular weight is 348 g/mol. The summed E-state index contributed by atoms with van der Waals surface area (Å²) in [5, 5.41) is 9.09. The number of sulfone groups is 1. The van der Waals surface area contributed by atoms with Crippen molar-refractivity contribution in [1.82, 2.24) is 4.90 Å². The largest absolute Gasteiger partial charge is 0.480 e. The zero-order chi connectivity index (χ0) is 17.7. The van der Waals surface area contributed by atoms with Crippen LogP contribution in [-0.2, 0) is 14.6 Å². The summed E-state index contributed by atoms with van der Waals surface area (Å²) in [5.41, 5.74) is 0.343. The fraction of sp³-hybridized carbons (Fsp3) is 0.412. The van der Waals surface area contributed by atoms with Crippen molar-refractivity contribution in [3.63, 3.8) is 0 Å². The number of ether oxygens (including phenoxy) is 1. The van der Waals surface area contributed by atoms with Crippen LogP contribution < -0.4 is 4.74 Å². The molecule has 0 radical (unpaired) electrons. The van der Waals surface area contributed by atoms with Crippen molar-refractivity contribution in [3.05, 3.63) is 42.5 Å². The number of amides is 1. The molecule has 0 aliphatic carbocycles. The van der Waals surface area contributed by atoms with E-state index in [4.69, 9.17) is 10.00 Å². The Hall–Kier alpha value is -2.33. The number of hydrogen-bond acceptors (Lipinski definition) is 5. The zero-order valence-electron chi connectivity index (χ0n) is 13.5. The van der Waals surface area contributed by atoms with Crippen LogP contribution in [0, 0.1) is 11.3 Å². The lowest BCUT2D eigenvalue weighted by molar-refractivity contribution is -0.139. The smallest absolute Gasteiger partial charge is 0.263 e. The van der Waals surface area contributed by atoms with Crippen LogP contribution in [0.5, 0.6) is 5.75 Å². The molecule has 24 heavy (non-hydrogen) atoms. The zero-order valence-corrected chi connectivity index (χ0v) is 14.3. The standard InChI is InChI=1S/C17H20N2O4S/c1-3-9-19(15-8-10-24(21,22)12-15)17(20)13(2)23-16-7-5-4-6-14(16)11-18/h3-7,13,15H,1,8-10,12H2,2H3/t13-,15-/m0/s1. The van der Waals surface area contributed by atoms with Crippen molar-refractivity contribution >= 4 is 15.7 Å². The average Bonchev–Trinajstić information content (AvgIpc) is 2.92. The fourth-order valence-corrected chi connectivity index (χ4v) is 4.45. The second-order valence-electron chi connectivity index (χ2n) is 5.70. The minimum absolute atomic E-state index is 0.0336. The third-order valence-corrected chi connectivity index (χ3v) is 5.67. The van der Waals surface area contributed by atoms with Gasteiger partial charge in [-0.05, 0) is 25.5 Å². The van der Waals surface area contributed by atoms with Crippen molar-refractivity contribution in [3.8, 4) is 11.8 Å². The molecule has 2 rings (SSSR count). The van der Waals surface area contributed by atoms with Crippen LogP contribution in [0.4, 0.5) is 0 Å². The van der Waals surface area contributed by atoms with Gasteiger partial charge in [0.25, 0.3) is 5.91 Å². The lowest BCUT2D eigenvalue weighted by Crippen LogP contribution is -2.47. The van der Waals surface area contributed by atoms with E-state index in [9.17, 15) is 13.2 Å². The first kappa shape index (κ1) is 18.0. The van der Waals surface area contributed by atoms with E-state index < -0.39 is 15.9 Å². The third-order valence-electron chi connectivity index (χ3n) is 3.92. The molecule has 1 aliphatic heterocycles. The molecule has 1 fully saturated rings. The predicted octanol–water partition coefficient (Wildman–Crippen LogP) is 1.53. The molecule has 1 aliphatic rings. The fourth-order valence-electron chi connectivity index (χ4n) is 2.72. The van der Waals surface area contributed by atoms with Gasteiger partial charge in [0.1, 0.15) is 11.8 Å². The minimum Gasteiger partial charge on any atom is -0.480 e. The molecule has 6 nitrogen and oxygen atoms in total. The van der Waals surface area contributed by atoms with Gasteiger partial charge in [0.15, 0.2) is 15.9 Å². The molecule has 2 atom stereocenters. The number of carbonyl (C=O) groups is 1. The first-order valence-corrected chi connectivity index (χ1v) is 9.47. The normalized spacial score (nSPS) is 19.9. The van der Waals surface area contributed by atoms with Gasteiger partial charge in [0.05, 0.1) is 17.1 Å². The molecular formula is C17H20N2O4S. The molecule has 0 aromatic heterocycles. The molecule has 1 heterocycles. The van der Waals surface area contributed by atoms with E-state index in [-0.39, 0.29) is 30.0 Å². The van der Waals surface area contributed by atoms with E-state index >= 15 is 0 Å². The van der Waals surface area contributed by atoms with Crippen molar-refractivity contribution in [2.45, 2.75) is 25.5 Å². The van der Waals surface area contributed by atoms with Crippen molar-refractivity contribution in [1.29, 1.82) is 5.26 Å². The van der Waals surface area contributed by atoms with E-state index in [1.165, 1.54) is 4.90 Å². The molecule has 0 bridgehead atoms. The highest BCUT2D eigenvalue weighted by Crippen LogP contribution is 2.22. The molecule has 0 N–H and O–H groups in total. The number of benzene rings is 1. The Bertz CT molecular complexity index is 767. The minimum atomic E-state index is -3.10. The van der Waals surface area contributed by atoms with Crippen LogP contribution in [0.1, 0.15) is 18.9 Å². The number of hydrogen-bond donors (Lipinski definition) is 0. The maximum absolute atomic E-state index is 12.7. The summed E-state index contributed by atoms with van der Waals surface area (Å²) in [4.78, 5) is 14.2. The van der Waals surface area contributed by atoms with Crippen LogP contribution in [0.2, 0.25) is 0 Å². The van der Waals surface area contributed by atoms with Gasteiger partial charge in [-0.3, -0.25) is 4.79 Å². The summed E-state index contributed by atoms with van der Waals surface area (Å²) in [6.45, 7) is 5.48. The second kappa shape index (κ2) is 7.49. The number of para-hydroxylation sites is 1. The van der Waals surface area contributed by atoms with Crippen LogP contribution in [0.3, 0.4) is 0 Å². The summed E-state index contributed by atoms with van der Waals surface area (Å²) in [5.74, 6) is 0.0716. The monoisotopic (exact) mass is 348 g/mol. The first-order chi connectivity index (χ1) is 11.4. The Morgan fingerprint density at radius 1 is 1.54 bits per heavy atom. The Morgan fingerprint density at radius 2 is 2.25 bits per heavy atom. The summed E-state index contributed by atoms with van der Waals surface area (Å²) in [6, 6.07) is 8.32. The summed E-state index contributed by atoms with van der Waals surface area (Å²) >= 11 is 0. The van der Waals surface area contributed by atoms with Crippen LogP contribution in [0.25, 0.3) is 0 Å². The summed E-state index contributed by atoms with van der Waals surface area (Å²) in [6.07, 6.45) is 1.16. The van der Waals surface area contributed by atoms with E-state index in [1.54, 1.807) is 37.3 Å². The van der Waals surface area contributed by atoms with Crippen LogP contribution >= 0.6 is 0 Å². The number of nitriles is 1. The predicted molar refractivity (Wildman–Crippen MR) is 90.2 cm³/mol. The maximum Gasteiger partial charge on any atom is 0.263 e. The van der Waals surface area contributed by atoms with Crippen molar-refractivity contribution in [2.75, 3.05) is 18.1 Å². The van der Waals surface area contributed by atoms with Gasteiger partial charge < -0.3 is 9.64 Å². The van der Waals surface area contributed by atoms with E-state index in [2.05, 4.69) is 6.58 Å². The number of nitrogens with zero attached hydrogens (tertiary/aromatic N) is 2. The number of rotatable bonds is 6. The Labute approximate surface area is 142 Å². The van der Waals surface area contributed by atoms with Gasteiger partial charge in [-0.15, -0.1) is 6.58 Å². The molecule has 0 saturated carbocycles. The molecular weight excluding hydrogens is 328 g/mol. The summed E-state index contributed by atoms with van der Waals surface area (Å²) in [7, 11) is -3.10. The maximum atomic E-state index is 12.7. The van der Waals surface area contributed by atoms with Crippen molar-refractivity contribution < 1.29 is 17.9 Å². The third kappa shape index (κ3) is 4.15. The quantitative estimate of drug-likeness (QED) is 0.728. The summed E-state index contributed by atoms with van der Waals surface area (Å²) < 4.78 is 29.0. The molecule has 7 heteroatoms. The lowest BCUT2D eigenvalue weighted by atomic mass is 10.2. The van der Waals surface area contributed by atoms with Crippen LogP contribution in [0.15, 0.2) is 36.9 Å². The van der Waals surface area contributed by atoms with E-state index in [0.717, 1.165) is 0 Å². The van der Waals surface area contributed by atoms with E-state index in [1.807, 2.05) is 6.07 Å². The van der Waals surface area contributed by atoms with Gasteiger partial charge in [-0.1, -0.05) is 18.2 Å². The van der Waals surface area contributed by atoms with E-state index in [0.29, 0.717) is 17.7 Å². The highest BCUT2D eigenvalue weighted by molar-refractivity contribution is 7.91. The molecule has 1 amide bonds.